The van der Waals surface area contributed by atoms with Crippen molar-refractivity contribution in [2.45, 2.75) is 13.3 Å². The van der Waals surface area contributed by atoms with Crippen LogP contribution in [0.3, 0.4) is 0 Å². The number of hydrogen-bond acceptors (Lipinski definition) is 3. The molecule has 2 amide bonds. The van der Waals surface area contributed by atoms with Gasteiger partial charge in [0.05, 0.1) is 6.42 Å². The first-order chi connectivity index (χ1) is 9.52. The second-order valence-electron chi connectivity index (χ2n) is 4.06. The molecule has 1 aromatic carbocycles. The Kier molecular flexibility index (Phi) is 6.09. The van der Waals surface area contributed by atoms with Crippen LogP contribution in [0.15, 0.2) is 42.0 Å². The lowest BCUT2D eigenvalue weighted by Gasteiger charge is -2.03. The predicted octanol–water partition coefficient (Wildman–Crippen LogP) is 1.62. The largest absolute Gasteiger partial charge is 0.352 e. The first kappa shape index (κ1) is 15.6. The molecule has 20 heavy (non-hydrogen) atoms. The summed E-state index contributed by atoms with van der Waals surface area (Å²) in [5.74, 6) is -1.09. The SMILES string of the molecule is C=CCNC(=O)C/C(C)=N\NC(=O)c1ccc(F)cc1. The summed E-state index contributed by atoms with van der Waals surface area (Å²) in [6.07, 6.45) is 1.65. The molecule has 6 heteroatoms. The predicted molar refractivity (Wildman–Crippen MR) is 74.8 cm³/mol. The minimum atomic E-state index is -0.462. The van der Waals surface area contributed by atoms with Gasteiger partial charge in [0.1, 0.15) is 5.82 Å². The fraction of sp³-hybridized carbons (Fsp3) is 0.214. The van der Waals surface area contributed by atoms with Crippen LogP contribution < -0.4 is 10.7 Å². The number of rotatable bonds is 6. The van der Waals surface area contributed by atoms with Crippen LogP contribution in [0.25, 0.3) is 0 Å². The van der Waals surface area contributed by atoms with Crippen molar-refractivity contribution in [3.8, 4) is 0 Å². The maximum Gasteiger partial charge on any atom is 0.271 e. The third-order valence-electron chi connectivity index (χ3n) is 2.31. The third-order valence-corrected chi connectivity index (χ3v) is 2.31. The van der Waals surface area contributed by atoms with Crippen molar-refractivity contribution in [1.29, 1.82) is 0 Å². The number of hydrazone groups is 1. The molecule has 0 atom stereocenters. The van der Waals surface area contributed by atoms with Gasteiger partial charge >= 0.3 is 0 Å². The van der Waals surface area contributed by atoms with Crippen LogP contribution in [0.1, 0.15) is 23.7 Å². The molecule has 0 heterocycles. The van der Waals surface area contributed by atoms with E-state index in [4.69, 9.17) is 0 Å². The molecule has 0 bridgehead atoms. The van der Waals surface area contributed by atoms with Gasteiger partial charge in [-0.15, -0.1) is 6.58 Å². The van der Waals surface area contributed by atoms with E-state index in [0.717, 1.165) is 0 Å². The van der Waals surface area contributed by atoms with Gasteiger partial charge in [0.15, 0.2) is 0 Å². The van der Waals surface area contributed by atoms with Gasteiger partial charge in [-0.3, -0.25) is 9.59 Å². The molecular weight excluding hydrogens is 261 g/mol. The van der Waals surface area contributed by atoms with Crippen molar-refractivity contribution in [1.82, 2.24) is 10.7 Å². The van der Waals surface area contributed by atoms with Crippen molar-refractivity contribution in [2.75, 3.05) is 6.54 Å². The second kappa shape index (κ2) is 7.83. The zero-order chi connectivity index (χ0) is 15.0. The van der Waals surface area contributed by atoms with Crippen LogP contribution in [0.2, 0.25) is 0 Å². The quantitative estimate of drug-likeness (QED) is 0.471. The van der Waals surface area contributed by atoms with Gasteiger partial charge in [0.2, 0.25) is 5.91 Å². The van der Waals surface area contributed by atoms with Gasteiger partial charge < -0.3 is 5.32 Å². The first-order valence-electron chi connectivity index (χ1n) is 5.99. The number of carbonyl (C=O) groups is 2. The normalized spacial score (nSPS) is 10.8. The Balaban J connectivity index is 2.49. The van der Waals surface area contributed by atoms with Gasteiger partial charge in [0.25, 0.3) is 5.91 Å². The molecular formula is C14H16FN3O2. The Morgan fingerprint density at radius 1 is 1.35 bits per heavy atom. The summed E-state index contributed by atoms with van der Waals surface area (Å²) in [5.41, 5.74) is 3.06. The van der Waals surface area contributed by atoms with E-state index in [1.165, 1.54) is 24.3 Å². The average Bonchev–Trinajstić information content (AvgIpc) is 2.43. The minimum Gasteiger partial charge on any atom is -0.352 e. The van der Waals surface area contributed by atoms with E-state index in [9.17, 15) is 14.0 Å². The molecule has 0 unspecified atom stereocenters. The van der Waals surface area contributed by atoms with Gasteiger partial charge in [0, 0.05) is 17.8 Å². The molecule has 0 radical (unpaired) electrons. The number of carbonyl (C=O) groups excluding carboxylic acids is 2. The maximum absolute atomic E-state index is 12.7. The van der Waals surface area contributed by atoms with Crippen LogP contribution in [0, 0.1) is 5.82 Å². The van der Waals surface area contributed by atoms with E-state index < -0.39 is 11.7 Å². The highest BCUT2D eigenvalue weighted by molar-refractivity contribution is 6.01. The number of nitrogens with one attached hydrogen (secondary N) is 2. The van der Waals surface area contributed by atoms with Crippen LogP contribution in [0.5, 0.6) is 0 Å². The zero-order valence-electron chi connectivity index (χ0n) is 11.1. The molecule has 106 valence electrons. The van der Waals surface area contributed by atoms with Gasteiger partial charge in [-0.05, 0) is 31.2 Å². The molecule has 1 rings (SSSR count). The van der Waals surface area contributed by atoms with E-state index in [-0.39, 0.29) is 12.3 Å². The highest BCUT2D eigenvalue weighted by atomic mass is 19.1. The lowest BCUT2D eigenvalue weighted by atomic mass is 10.2. The molecule has 0 aliphatic heterocycles. The van der Waals surface area contributed by atoms with E-state index >= 15 is 0 Å². The Morgan fingerprint density at radius 2 is 2.00 bits per heavy atom. The first-order valence-corrected chi connectivity index (χ1v) is 5.99. The summed E-state index contributed by atoms with van der Waals surface area (Å²) in [7, 11) is 0. The highest BCUT2D eigenvalue weighted by Crippen LogP contribution is 2.02. The van der Waals surface area contributed by atoms with Crippen molar-refractivity contribution in [3.05, 3.63) is 48.3 Å². The smallest absolute Gasteiger partial charge is 0.271 e. The van der Waals surface area contributed by atoms with Crippen molar-refractivity contribution in [3.63, 3.8) is 0 Å². The lowest BCUT2D eigenvalue weighted by Crippen LogP contribution is -2.26. The summed E-state index contributed by atoms with van der Waals surface area (Å²) in [6.45, 7) is 5.49. The molecule has 0 aromatic heterocycles. The van der Waals surface area contributed by atoms with E-state index in [1.54, 1.807) is 13.0 Å². The summed E-state index contributed by atoms with van der Waals surface area (Å²) in [4.78, 5) is 23.0. The lowest BCUT2D eigenvalue weighted by molar-refractivity contribution is -0.119. The molecule has 2 N–H and O–H groups in total. The van der Waals surface area contributed by atoms with Crippen molar-refractivity contribution < 1.29 is 14.0 Å². The number of nitrogens with zero attached hydrogens (tertiary/aromatic N) is 1. The molecule has 0 saturated carbocycles. The van der Waals surface area contributed by atoms with Crippen LogP contribution in [0.4, 0.5) is 4.39 Å². The standard InChI is InChI=1S/C14H16FN3O2/c1-3-8-16-13(19)9-10(2)17-18-14(20)11-4-6-12(15)7-5-11/h3-7H,1,8-9H2,2H3,(H,16,19)(H,18,20)/b17-10-. The molecule has 0 aliphatic rings. The van der Waals surface area contributed by atoms with Crippen molar-refractivity contribution in [2.24, 2.45) is 5.10 Å². The Morgan fingerprint density at radius 3 is 2.60 bits per heavy atom. The number of hydrogen-bond donors (Lipinski definition) is 2. The van der Waals surface area contributed by atoms with E-state index in [1.807, 2.05) is 0 Å². The molecule has 0 fully saturated rings. The number of halogens is 1. The zero-order valence-corrected chi connectivity index (χ0v) is 11.1. The highest BCUT2D eigenvalue weighted by Gasteiger charge is 2.06. The molecule has 0 spiro atoms. The Labute approximate surface area is 116 Å². The second-order valence-corrected chi connectivity index (χ2v) is 4.06. The van der Waals surface area contributed by atoms with Crippen LogP contribution >= 0.6 is 0 Å². The summed E-state index contributed by atoms with van der Waals surface area (Å²) in [6, 6.07) is 5.08. The average molecular weight is 277 g/mol. The van der Waals surface area contributed by atoms with Crippen molar-refractivity contribution >= 4 is 17.5 Å². The Hall–Kier alpha value is -2.50. The molecule has 5 nitrogen and oxygen atoms in total. The van der Waals surface area contributed by atoms with E-state index in [0.29, 0.717) is 17.8 Å². The summed E-state index contributed by atoms with van der Waals surface area (Å²) >= 11 is 0. The fourth-order valence-electron chi connectivity index (χ4n) is 1.33. The number of benzene rings is 1. The maximum atomic E-state index is 12.7. The van der Waals surface area contributed by atoms with Gasteiger partial charge in [-0.25, -0.2) is 9.82 Å². The van der Waals surface area contributed by atoms with Gasteiger partial charge in [-0.2, -0.15) is 5.10 Å². The summed E-state index contributed by atoms with van der Waals surface area (Å²) in [5, 5.41) is 6.40. The monoisotopic (exact) mass is 277 g/mol. The third kappa shape index (κ3) is 5.43. The van der Waals surface area contributed by atoms with Gasteiger partial charge in [-0.1, -0.05) is 6.08 Å². The number of amides is 2. The minimum absolute atomic E-state index is 0.0809. The molecule has 0 aliphatic carbocycles. The fourth-order valence-corrected chi connectivity index (χ4v) is 1.33. The van der Waals surface area contributed by atoms with Crippen LogP contribution in [-0.2, 0) is 4.79 Å². The summed E-state index contributed by atoms with van der Waals surface area (Å²) < 4.78 is 12.7. The molecule has 1 aromatic rings. The van der Waals surface area contributed by atoms with Crippen LogP contribution in [-0.4, -0.2) is 24.1 Å². The topological polar surface area (TPSA) is 70.6 Å². The molecule has 0 saturated heterocycles. The van der Waals surface area contributed by atoms with E-state index in [2.05, 4.69) is 22.4 Å². The Bertz CT molecular complexity index is 524.